The number of carboxylic acids is 1. The number of carboxylic acid groups (broad SMARTS) is 1. The molecule has 0 amide bonds. The summed E-state index contributed by atoms with van der Waals surface area (Å²) in [4.78, 5) is 16.0. The average molecular weight is 194 g/mol. The first-order chi connectivity index (χ1) is 5.75. The molecule has 1 N–H and O–H groups in total. The van der Waals surface area contributed by atoms with Crippen LogP contribution in [0.3, 0.4) is 0 Å². The maximum atomic E-state index is 10.6. The van der Waals surface area contributed by atoms with Crippen molar-refractivity contribution in [1.82, 2.24) is 4.90 Å². The van der Waals surface area contributed by atoms with Crippen molar-refractivity contribution in [2.24, 2.45) is 4.99 Å². The van der Waals surface area contributed by atoms with Crippen LogP contribution in [0.4, 0.5) is 0 Å². The van der Waals surface area contributed by atoms with Crippen molar-refractivity contribution in [3.05, 3.63) is 0 Å². The standard InChI is InChI=1S/C7H12N2O3.Na/c10-4-1-6(7(11)12)9-3-2-8-5-9;/h5-6,10H,1-4H2,(H,11,12);/q;+1/p-1. The van der Waals surface area contributed by atoms with Crippen LogP contribution in [0.1, 0.15) is 6.42 Å². The second kappa shape index (κ2) is 6.37. The van der Waals surface area contributed by atoms with Crippen LogP contribution in [0.15, 0.2) is 4.99 Å². The maximum Gasteiger partial charge on any atom is 1.00 e. The quantitative estimate of drug-likeness (QED) is 0.454. The molecule has 1 rings (SSSR count). The van der Waals surface area contributed by atoms with Gasteiger partial charge >= 0.3 is 29.6 Å². The molecule has 5 nitrogen and oxygen atoms in total. The summed E-state index contributed by atoms with van der Waals surface area (Å²) in [6.45, 7) is 1.07. The van der Waals surface area contributed by atoms with Gasteiger partial charge in [0.15, 0.2) is 0 Å². The van der Waals surface area contributed by atoms with Gasteiger partial charge in [-0.3, -0.25) is 4.99 Å². The SMILES string of the molecule is O=C([O-])C(CCO)N1C=NCC1.[Na+]. The van der Waals surface area contributed by atoms with Gasteiger partial charge in [0.2, 0.25) is 0 Å². The second-order valence-electron chi connectivity index (χ2n) is 2.61. The molecule has 6 heteroatoms. The van der Waals surface area contributed by atoms with E-state index in [1.165, 1.54) is 6.34 Å². The van der Waals surface area contributed by atoms with E-state index in [1.54, 1.807) is 4.90 Å². The Kier molecular flexibility index (Phi) is 6.32. The Morgan fingerprint density at radius 3 is 2.85 bits per heavy atom. The zero-order valence-corrected chi connectivity index (χ0v) is 9.64. The van der Waals surface area contributed by atoms with E-state index < -0.39 is 12.0 Å². The topological polar surface area (TPSA) is 76.0 Å². The molecule has 0 fully saturated rings. The molecule has 0 saturated heterocycles. The largest absolute Gasteiger partial charge is 1.00 e. The third-order valence-corrected chi connectivity index (χ3v) is 1.79. The summed E-state index contributed by atoms with van der Waals surface area (Å²) >= 11 is 0. The molecule has 0 saturated carbocycles. The molecule has 68 valence electrons. The number of carbonyl (C=O) groups excluding carboxylic acids is 1. The predicted octanol–water partition coefficient (Wildman–Crippen LogP) is -5.16. The van der Waals surface area contributed by atoms with Gasteiger partial charge in [0.05, 0.1) is 24.9 Å². The third-order valence-electron chi connectivity index (χ3n) is 1.79. The van der Waals surface area contributed by atoms with Gasteiger partial charge in [-0.25, -0.2) is 0 Å². The molecule has 0 aromatic carbocycles. The van der Waals surface area contributed by atoms with Gasteiger partial charge in [0.1, 0.15) is 0 Å². The first-order valence-corrected chi connectivity index (χ1v) is 3.83. The number of hydrogen-bond acceptors (Lipinski definition) is 5. The van der Waals surface area contributed by atoms with Crippen molar-refractivity contribution in [3.63, 3.8) is 0 Å². The van der Waals surface area contributed by atoms with Gasteiger partial charge in [-0.1, -0.05) is 0 Å². The van der Waals surface area contributed by atoms with Crippen LogP contribution in [-0.2, 0) is 4.79 Å². The fourth-order valence-electron chi connectivity index (χ4n) is 1.17. The Labute approximate surface area is 98.7 Å². The molecule has 0 aliphatic carbocycles. The minimum atomic E-state index is -1.16. The maximum absolute atomic E-state index is 10.6. The van der Waals surface area contributed by atoms with Gasteiger partial charge in [0, 0.05) is 13.2 Å². The fourth-order valence-corrected chi connectivity index (χ4v) is 1.17. The van der Waals surface area contributed by atoms with Crippen LogP contribution in [0.2, 0.25) is 0 Å². The van der Waals surface area contributed by atoms with E-state index in [9.17, 15) is 9.90 Å². The smallest absolute Gasteiger partial charge is 0.548 e. The molecule has 0 bridgehead atoms. The van der Waals surface area contributed by atoms with Crippen molar-refractivity contribution in [3.8, 4) is 0 Å². The summed E-state index contributed by atoms with van der Waals surface area (Å²) in [5, 5.41) is 19.1. The van der Waals surface area contributed by atoms with Crippen LogP contribution >= 0.6 is 0 Å². The number of aliphatic carboxylic acids is 1. The number of aliphatic hydroxyl groups is 1. The molecule has 1 atom stereocenters. The average Bonchev–Trinajstić information content (AvgIpc) is 2.51. The Morgan fingerprint density at radius 1 is 1.77 bits per heavy atom. The number of nitrogens with zero attached hydrogens (tertiary/aromatic N) is 2. The molecular formula is C7H11N2NaO3. The van der Waals surface area contributed by atoms with Crippen LogP contribution in [0.25, 0.3) is 0 Å². The van der Waals surface area contributed by atoms with Crippen LogP contribution in [0, 0.1) is 0 Å². The number of aliphatic hydroxyl groups excluding tert-OH is 1. The van der Waals surface area contributed by atoms with Gasteiger partial charge in [0.25, 0.3) is 0 Å². The Bertz CT molecular complexity index is 198. The summed E-state index contributed by atoms with van der Waals surface area (Å²) in [5.74, 6) is -1.16. The third kappa shape index (κ3) is 3.64. The first kappa shape index (κ1) is 12.9. The molecular weight excluding hydrogens is 183 g/mol. The summed E-state index contributed by atoms with van der Waals surface area (Å²) in [6, 6.07) is -0.735. The van der Waals surface area contributed by atoms with Gasteiger partial charge in [-0.05, 0) is 6.42 Å². The van der Waals surface area contributed by atoms with Crippen molar-refractivity contribution >= 4 is 12.3 Å². The molecule has 1 unspecified atom stereocenters. The molecule has 13 heavy (non-hydrogen) atoms. The molecule has 1 aliphatic rings. The van der Waals surface area contributed by atoms with Gasteiger partial charge < -0.3 is 19.9 Å². The van der Waals surface area contributed by atoms with E-state index in [0.29, 0.717) is 13.1 Å². The Hall–Kier alpha value is -0.100. The summed E-state index contributed by atoms with van der Waals surface area (Å²) in [6.07, 6.45) is 1.68. The number of carbonyl (C=O) groups is 1. The Balaban J connectivity index is 0.00000144. The summed E-state index contributed by atoms with van der Waals surface area (Å²) < 4.78 is 0. The minimum absolute atomic E-state index is 0. The van der Waals surface area contributed by atoms with Crippen LogP contribution in [-0.4, -0.2) is 48.1 Å². The van der Waals surface area contributed by atoms with Crippen LogP contribution in [0.5, 0.6) is 0 Å². The number of hydrogen-bond donors (Lipinski definition) is 1. The Morgan fingerprint density at radius 2 is 2.46 bits per heavy atom. The van der Waals surface area contributed by atoms with Crippen molar-refractivity contribution in [1.29, 1.82) is 0 Å². The van der Waals surface area contributed by atoms with E-state index in [2.05, 4.69) is 4.99 Å². The number of aliphatic imine (C=N–C) groups is 1. The summed E-state index contributed by atoms with van der Waals surface area (Å²) in [5.41, 5.74) is 0. The van der Waals surface area contributed by atoms with Gasteiger partial charge in [-0.2, -0.15) is 0 Å². The molecule has 1 heterocycles. The van der Waals surface area contributed by atoms with Crippen molar-refractivity contribution in [2.75, 3.05) is 19.7 Å². The zero-order valence-electron chi connectivity index (χ0n) is 7.64. The van der Waals surface area contributed by atoms with E-state index in [0.717, 1.165) is 0 Å². The van der Waals surface area contributed by atoms with E-state index in [1.807, 2.05) is 0 Å². The predicted molar refractivity (Wildman–Crippen MR) is 40.6 cm³/mol. The monoisotopic (exact) mass is 194 g/mol. The first-order valence-electron chi connectivity index (χ1n) is 3.83. The van der Waals surface area contributed by atoms with E-state index in [-0.39, 0.29) is 42.6 Å². The van der Waals surface area contributed by atoms with Gasteiger partial charge in [-0.15, -0.1) is 0 Å². The minimum Gasteiger partial charge on any atom is -0.548 e. The summed E-state index contributed by atoms with van der Waals surface area (Å²) in [7, 11) is 0. The van der Waals surface area contributed by atoms with E-state index in [4.69, 9.17) is 5.11 Å². The van der Waals surface area contributed by atoms with Crippen LogP contribution < -0.4 is 34.7 Å². The molecule has 1 aliphatic heterocycles. The second-order valence-corrected chi connectivity index (χ2v) is 2.61. The van der Waals surface area contributed by atoms with Crippen molar-refractivity contribution in [2.45, 2.75) is 12.5 Å². The molecule has 0 spiro atoms. The fraction of sp³-hybridized carbons (Fsp3) is 0.714. The van der Waals surface area contributed by atoms with Crippen molar-refractivity contribution < 1.29 is 44.6 Å². The molecule has 0 radical (unpaired) electrons. The molecule has 0 aromatic heterocycles. The zero-order chi connectivity index (χ0) is 8.97. The molecule has 0 aromatic rings. The van der Waals surface area contributed by atoms with E-state index >= 15 is 0 Å². The normalized spacial score (nSPS) is 16.8. The number of rotatable bonds is 4.